The minimum Gasteiger partial charge on any atom is -0.465 e. The number of nitroso groups, excluding NO2 is 1. The van der Waals surface area contributed by atoms with Gasteiger partial charge in [0.25, 0.3) is 0 Å². The molecule has 0 spiro atoms. The van der Waals surface area contributed by atoms with Crippen molar-refractivity contribution in [2.45, 2.75) is 0 Å². The van der Waals surface area contributed by atoms with Crippen LogP contribution in [0.1, 0.15) is 0 Å². The molecule has 0 saturated heterocycles. The molecule has 0 radical (unpaired) electrons. The van der Waals surface area contributed by atoms with Crippen LogP contribution in [0, 0.1) is 4.91 Å². The quantitative estimate of drug-likeness (QED) is 0.497. The van der Waals surface area contributed by atoms with E-state index >= 15 is 0 Å². The van der Waals surface area contributed by atoms with Crippen LogP contribution in [0.3, 0.4) is 0 Å². The molecule has 2 N–H and O–H groups in total. The van der Waals surface area contributed by atoms with Gasteiger partial charge in [-0.3, -0.25) is 4.79 Å². The molecule has 9 heavy (non-hydrogen) atoms. The molecule has 50 valence electrons. The summed E-state index contributed by atoms with van der Waals surface area (Å²) in [6.45, 7) is -0.557. The van der Waals surface area contributed by atoms with Gasteiger partial charge >= 0.3 is 12.0 Å². The third kappa shape index (κ3) is 4.39. The highest BCUT2D eigenvalue weighted by Crippen LogP contribution is 1.68. The second-order valence-corrected chi connectivity index (χ2v) is 1.14. The van der Waals surface area contributed by atoms with Crippen molar-refractivity contribution >= 4 is 12.0 Å². The molecule has 0 aliphatic heterocycles. The topological polar surface area (TPSA) is 95.8 Å². The molecule has 0 fully saturated rings. The first-order valence-corrected chi connectivity index (χ1v) is 2.00. The molecule has 0 aromatic heterocycles. The maximum atomic E-state index is 9.91. The van der Waals surface area contributed by atoms with E-state index in [1.165, 1.54) is 0 Å². The fourth-order valence-electron chi connectivity index (χ4n) is 0.184. The van der Waals surface area contributed by atoms with Crippen molar-refractivity contribution in [2.75, 3.05) is 6.54 Å². The average Bonchev–Trinajstić information content (AvgIpc) is 1.83. The first-order chi connectivity index (χ1) is 4.16. The van der Waals surface area contributed by atoms with Gasteiger partial charge in [-0.2, -0.15) is 0 Å². The molecule has 0 aliphatic rings. The normalized spacial score (nSPS) is 8.00. The Morgan fingerprint density at radius 1 is 1.56 bits per heavy atom. The summed E-state index contributed by atoms with van der Waals surface area (Å²) < 4.78 is 0. The lowest BCUT2D eigenvalue weighted by Gasteiger charge is -1.90. The molecule has 6 nitrogen and oxygen atoms in total. The number of rotatable bonds is 2. The predicted molar refractivity (Wildman–Crippen MR) is 26.8 cm³/mol. The van der Waals surface area contributed by atoms with Crippen molar-refractivity contribution in [2.24, 2.45) is 5.18 Å². The monoisotopic (exact) mass is 132 g/mol. The Labute approximate surface area is 49.8 Å². The van der Waals surface area contributed by atoms with Gasteiger partial charge in [0, 0.05) is 5.18 Å². The number of hydrogen-bond acceptors (Lipinski definition) is 3. The minimum absolute atomic E-state index is 0.557. The van der Waals surface area contributed by atoms with Crippen molar-refractivity contribution in [3.63, 3.8) is 0 Å². The molecular weight excluding hydrogens is 128 g/mol. The van der Waals surface area contributed by atoms with Gasteiger partial charge in [-0.25, -0.2) is 4.79 Å². The lowest BCUT2D eigenvalue weighted by Crippen LogP contribution is -2.26. The maximum absolute atomic E-state index is 9.91. The standard InChI is InChI=1S/C3H4N2O4/c6-2(5-9)1-4-3(7)8/h4H,1H2,(H,7,8). The van der Waals surface area contributed by atoms with Gasteiger partial charge in [0.15, 0.2) is 0 Å². The summed E-state index contributed by atoms with van der Waals surface area (Å²) in [5.74, 6) is -1.03. The van der Waals surface area contributed by atoms with Crippen LogP contribution in [0.2, 0.25) is 0 Å². The lowest BCUT2D eigenvalue weighted by atomic mass is 10.6. The Morgan fingerprint density at radius 3 is 2.44 bits per heavy atom. The van der Waals surface area contributed by atoms with Crippen LogP contribution in [-0.4, -0.2) is 23.7 Å². The van der Waals surface area contributed by atoms with Gasteiger partial charge in [0.1, 0.15) is 6.54 Å². The zero-order chi connectivity index (χ0) is 7.28. The Morgan fingerprint density at radius 2 is 2.11 bits per heavy atom. The smallest absolute Gasteiger partial charge is 0.405 e. The molecule has 0 saturated carbocycles. The zero-order valence-corrected chi connectivity index (χ0v) is 4.33. The number of carbonyl (C=O) groups is 2. The van der Waals surface area contributed by atoms with Gasteiger partial charge in [-0.15, -0.1) is 4.91 Å². The number of amides is 2. The number of hydrogen-bond donors (Lipinski definition) is 2. The third-order valence-corrected chi connectivity index (χ3v) is 0.493. The molecule has 0 aromatic carbocycles. The van der Waals surface area contributed by atoms with E-state index in [1.54, 1.807) is 5.32 Å². The first-order valence-electron chi connectivity index (χ1n) is 2.00. The molecule has 0 aromatic rings. The fourth-order valence-corrected chi connectivity index (χ4v) is 0.184. The van der Waals surface area contributed by atoms with E-state index in [-0.39, 0.29) is 0 Å². The molecule has 0 heterocycles. The molecule has 0 atom stereocenters. The lowest BCUT2D eigenvalue weighted by molar-refractivity contribution is -0.117. The molecular formula is C3H4N2O4. The average molecular weight is 132 g/mol. The van der Waals surface area contributed by atoms with Crippen LogP contribution in [0.15, 0.2) is 5.18 Å². The number of carbonyl (C=O) groups excluding carboxylic acids is 1. The minimum atomic E-state index is -1.35. The fraction of sp³-hybridized carbons (Fsp3) is 0.333. The van der Waals surface area contributed by atoms with E-state index in [2.05, 4.69) is 0 Å². The van der Waals surface area contributed by atoms with E-state index in [0.717, 1.165) is 0 Å². The van der Waals surface area contributed by atoms with E-state index in [1.807, 2.05) is 5.18 Å². The van der Waals surface area contributed by atoms with Gasteiger partial charge in [-0.05, 0) is 0 Å². The van der Waals surface area contributed by atoms with Crippen LogP contribution in [0.4, 0.5) is 4.79 Å². The Balaban J connectivity index is 3.39. The van der Waals surface area contributed by atoms with Crippen molar-refractivity contribution in [3.8, 4) is 0 Å². The molecule has 2 amide bonds. The molecule has 6 heteroatoms. The summed E-state index contributed by atoms with van der Waals surface area (Å²) in [6.07, 6.45) is -1.35. The van der Waals surface area contributed by atoms with E-state index < -0.39 is 18.5 Å². The summed E-state index contributed by atoms with van der Waals surface area (Å²) in [5, 5.41) is 11.5. The molecule has 0 rings (SSSR count). The molecule has 0 aliphatic carbocycles. The maximum Gasteiger partial charge on any atom is 0.405 e. The Kier molecular flexibility index (Phi) is 2.96. The molecule has 0 unspecified atom stereocenters. The summed E-state index contributed by atoms with van der Waals surface area (Å²) in [4.78, 5) is 28.8. The van der Waals surface area contributed by atoms with Crippen molar-refractivity contribution in [1.29, 1.82) is 0 Å². The molecule has 0 bridgehead atoms. The van der Waals surface area contributed by atoms with E-state index in [9.17, 15) is 14.5 Å². The van der Waals surface area contributed by atoms with Gasteiger partial charge in [-0.1, -0.05) is 0 Å². The number of carboxylic acid groups (broad SMARTS) is 1. The third-order valence-electron chi connectivity index (χ3n) is 0.493. The van der Waals surface area contributed by atoms with Crippen LogP contribution < -0.4 is 5.32 Å². The predicted octanol–water partition coefficient (Wildman–Crippen LogP) is -0.453. The number of nitrogens with one attached hydrogen (secondary N) is 1. The Hall–Kier alpha value is -1.46. The Bertz CT molecular complexity index is 143. The zero-order valence-electron chi connectivity index (χ0n) is 4.33. The van der Waals surface area contributed by atoms with Gasteiger partial charge < -0.3 is 10.4 Å². The highest BCUT2D eigenvalue weighted by molar-refractivity contribution is 5.82. The number of nitrogens with zero attached hydrogens (tertiary/aromatic N) is 1. The van der Waals surface area contributed by atoms with Crippen LogP contribution in [0.25, 0.3) is 0 Å². The largest absolute Gasteiger partial charge is 0.465 e. The summed E-state index contributed by atoms with van der Waals surface area (Å²) >= 11 is 0. The van der Waals surface area contributed by atoms with Crippen LogP contribution >= 0.6 is 0 Å². The SMILES string of the molecule is O=NC(=O)CNC(=O)O. The second kappa shape index (κ2) is 3.53. The summed E-state index contributed by atoms with van der Waals surface area (Å²) in [7, 11) is 0. The highest BCUT2D eigenvalue weighted by atomic mass is 16.4. The van der Waals surface area contributed by atoms with Crippen molar-refractivity contribution in [1.82, 2.24) is 5.32 Å². The van der Waals surface area contributed by atoms with Gasteiger partial charge in [0.05, 0.1) is 0 Å². The van der Waals surface area contributed by atoms with Crippen molar-refractivity contribution < 1.29 is 14.7 Å². The van der Waals surface area contributed by atoms with Gasteiger partial charge in [0.2, 0.25) is 0 Å². The summed E-state index contributed by atoms with van der Waals surface area (Å²) in [6, 6.07) is 0. The highest BCUT2D eigenvalue weighted by Gasteiger charge is 2.00. The van der Waals surface area contributed by atoms with Crippen LogP contribution in [-0.2, 0) is 4.79 Å². The van der Waals surface area contributed by atoms with E-state index in [4.69, 9.17) is 5.11 Å². The first kappa shape index (κ1) is 7.54. The summed E-state index contributed by atoms with van der Waals surface area (Å²) in [5.41, 5.74) is 0. The second-order valence-electron chi connectivity index (χ2n) is 1.14. The van der Waals surface area contributed by atoms with Crippen LogP contribution in [0.5, 0.6) is 0 Å². The van der Waals surface area contributed by atoms with Crippen molar-refractivity contribution in [3.05, 3.63) is 4.91 Å². The van der Waals surface area contributed by atoms with E-state index in [0.29, 0.717) is 0 Å².